The predicted octanol–water partition coefficient (Wildman–Crippen LogP) is 1.39. The van der Waals surface area contributed by atoms with Gasteiger partial charge in [-0.05, 0) is 32.7 Å². The van der Waals surface area contributed by atoms with Crippen molar-refractivity contribution in [2.75, 3.05) is 13.1 Å². The molecule has 6 nitrogen and oxygen atoms in total. The smallest absolute Gasteiger partial charge is 0.323 e. The Balaban J connectivity index is 2.46. The van der Waals surface area contributed by atoms with E-state index in [1.54, 1.807) is 20.8 Å². The molecule has 2 amide bonds. The zero-order valence-corrected chi connectivity index (χ0v) is 13.4. The molecule has 0 bridgehead atoms. The van der Waals surface area contributed by atoms with Gasteiger partial charge in [0.25, 0.3) is 0 Å². The van der Waals surface area contributed by atoms with Crippen LogP contribution in [0.5, 0.6) is 0 Å². The maximum atomic E-state index is 12.0. The molecule has 1 aliphatic heterocycles. The Hall–Kier alpha value is -1.43. The van der Waals surface area contributed by atoms with Gasteiger partial charge in [0.05, 0.1) is 5.41 Å². The molecule has 0 radical (unpaired) electrons. The molecule has 120 valence electrons. The number of unbranched alkanes of at least 4 members (excludes halogenated alkanes) is 1. The lowest BCUT2D eigenvalue weighted by Gasteiger charge is -2.26. The second-order valence-corrected chi connectivity index (χ2v) is 6.54. The standard InChI is InChI=1S/C15H26N2O4/c1-5-16-15(4,13(20)21)8-6-7-9-17-11(18)10-14(2,3)12(17)19/h16H,5-10H2,1-4H3,(H,20,21). The minimum Gasteiger partial charge on any atom is -0.480 e. The molecule has 6 heteroatoms. The highest BCUT2D eigenvalue weighted by Gasteiger charge is 2.44. The van der Waals surface area contributed by atoms with E-state index >= 15 is 0 Å². The first-order chi connectivity index (χ1) is 9.64. The van der Waals surface area contributed by atoms with Gasteiger partial charge >= 0.3 is 5.97 Å². The summed E-state index contributed by atoms with van der Waals surface area (Å²) in [5.74, 6) is -1.13. The number of nitrogens with one attached hydrogen (secondary N) is 1. The number of hydrogen-bond acceptors (Lipinski definition) is 4. The van der Waals surface area contributed by atoms with Crippen molar-refractivity contribution in [1.29, 1.82) is 0 Å². The first-order valence-electron chi connectivity index (χ1n) is 7.47. The molecule has 0 spiro atoms. The number of carbonyl (C=O) groups is 3. The van der Waals surface area contributed by atoms with Crippen molar-refractivity contribution < 1.29 is 19.5 Å². The second kappa shape index (κ2) is 6.56. The number of nitrogens with zero attached hydrogens (tertiary/aromatic N) is 1. The zero-order valence-electron chi connectivity index (χ0n) is 13.4. The largest absolute Gasteiger partial charge is 0.480 e. The third-order valence-electron chi connectivity index (χ3n) is 4.07. The highest BCUT2D eigenvalue weighted by Crippen LogP contribution is 2.31. The zero-order chi connectivity index (χ0) is 16.3. The molecule has 2 N–H and O–H groups in total. The number of carboxylic acid groups (broad SMARTS) is 1. The monoisotopic (exact) mass is 298 g/mol. The Morgan fingerprint density at radius 2 is 2.00 bits per heavy atom. The first-order valence-corrected chi connectivity index (χ1v) is 7.47. The molecular weight excluding hydrogens is 272 g/mol. The molecule has 1 saturated heterocycles. The summed E-state index contributed by atoms with van der Waals surface area (Å²) in [5, 5.41) is 12.2. The van der Waals surface area contributed by atoms with Gasteiger partial charge in [-0.1, -0.05) is 20.8 Å². The Morgan fingerprint density at radius 1 is 1.38 bits per heavy atom. The molecule has 21 heavy (non-hydrogen) atoms. The maximum Gasteiger partial charge on any atom is 0.323 e. The lowest BCUT2D eigenvalue weighted by Crippen LogP contribution is -2.49. The molecule has 1 unspecified atom stereocenters. The van der Waals surface area contributed by atoms with Crippen molar-refractivity contribution in [2.24, 2.45) is 5.41 Å². The minimum atomic E-state index is -0.951. The van der Waals surface area contributed by atoms with Crippen LogP contribution in [0.4, 0.5) is 0 Å². The molecule has 1 atom stereocenters. The summed E-state index contributed by atoms with van der Waals surface area (Å²) in [5.41, 5.74) is -1.55. The molecule has 0 aromatic carbocycles. The molecule has 0 saturated carbocycles. The van der Waals surface area contributed by atoms with Crippen LogP contribution in [0, 0.1) is 5.41 Å². The molecule has 0 aromatic rings. The summed E-state index contributed by atoms with van der Waals surface area (Å²) < 4.78 is 0. The van der Waals surface area contributed by atoms with Gasteiger partial charge in [0, 0.05) is 13.0 Å². The van der Waals surface area contributed by atoms with Crippen LogP contribution in [0.3, 0.4) is 0 Å². The normalized spacial score (nSPS) is 20.7. The lowest BCUT2D eigenvalue weighted by atomic mass is 9.92. The molecular formula is C15H26N2O4. The Kier molecular flexibility index (Phi) is 5.50. The van der Waals surface area contributed by atoms with Crippen molar-refractivity contribution in [3.8, 4) is 0 Å². The van der Waals surface area contributed by atoms with E-state index in [0.717, 1.165) is 0 Å². The first kappa shape index (κ1) is 17.6. The van der Waals surface area contributed by atoms with E-state index in [1.165, 1.54) is 4.90 Å². The Morgan fingerprint density at radius 3 is 2.43 bits per heavy atom. The van der Waals surface area contributed by atoms with E-state index in [-0.39, 0.29) is 18.2 Å². The third-order valence-corrected chi connectivity index (χ3v) is 4.07. The van der Waals surface area contributed by atoms with Gasteiger partial charge in [-0.3, -0.25) is 19.3 Å². The number of carboxylic acids is 1. The SMILES string of the molecule is CCNC(C)(CCCCN1C(=O)CC(C)(C)C1=O)C(=O)O. The molecule has 0 aromatic heterocycles. The Labute approximate surface area is 125 Å². The van der Waals surface area contributed by atoms with E-state index in [9.17, 15) is 19.5 Å². The van der Waals surface area contributed by atoms with Crippen LogP contribution >= 0.6 is 0 Å². The summed E-state index contributed by atoms with van der Waals surface area (Å²) in [7, 11) is 0. The summed E-state index contributed by atoms with van der Waals surface area (Å²) in [6.45, 7) is 8.04. The van der Waals surface area contributed by atoms with Crippen LogP contribution in [0.15, 0.2) is 0 Å². The van der Waals surface area contributed by atoms with E-state index in [2.05, 4.69) is 5.32 Å². The molecule has 1 heterocycles. The average Bonchev–Trinajstić information content (AvgIpc) is 2.55. The van der Waals surface area contributed by atoms with Crippen molar-refractivity contribution in [3.05, 3.63) is 0 Å². The highest BCUT2D eigenvalue weighted by molar-refractivity contribution is 6.05. The average molecular weight is 298 g/mol. The number of likely N-dealkylation sites (N-methyl/N-ethyl adjacent to an activating group) is 1. The van der Waals surface area contributed by atoms with E-state index in [0.29, 0.717) is 32.4 Å². The predicted molar refractivity (Wildman–Crippen MR) is 78.7 cm³/mol. The van der Waals surface area contributed by atoms with Gasteiger partial charge in [-0.25, -0.2) is 0 Å². The number of imide groups is 1. The number of aliphatic carboxylic acids is 1. The minimum absolute atomic E-state index is 0.125. The second-order valence-electron chi connectivity index (χ2n) is 6.54. The van der Waals surface area contributed by atoms with Crippen LogP contribution in [-0.4, -0.2) is 46.4 Å². The molecule has 1 rings (SSSR count). The fourth-order valence-corrected chi connectivity index (χ4v) is 2.66. The van der Waals surface area contributed by atoms with Crippen LogP contribution in [-0.2, 0) is 14.4 Å². The molecule has 1 aliphatic rings. The summed E-state index contributed by atoms with van der Waals surface area (Å²) in [6.07, 6.45) is 2.00. The number of hydrogen-bond donors (Lipinski definition) is 2. The van der Waals surface area contributed by atoms with Gasteiger partial charge in [-0.15, -0.1) is 0 Å². The lowest BCUT2D eigenvalue weighted by molar-refractivity contribution is -0.145. The van der Waals surface area contributed by atoms with Crippen molar-refractivity contribution in [3.63, 3.8) is 0 Å². The van der Waals surface area contributed by atoms with Gasteiger partial charge in [0.1, 0.15) is 5.54 Å². The number of likely N-dealkylation sites (tertiary alicyclic amines) is 1. The fraction of sp³-hybridized carbons (Fsp3) is 0.800. The van der Waals surface area contributed by atoms with E-state index < -0.39 is 16.9 Å². The summed E-state index contributed by atoms with van der Waals surface area (Å²) >= 11 is 0. The van der Waals surface area contributed by atoms with Crippen molar-refractivity contribution >= 4 is 17.8 Å². The van der Waals surface area contributed by atoms with E-state index in [4.69, 9.17) is 0 Å². The van der Waals surface area contributed by atoms with Gasteiger partial charge in [0.2, 0.25) is 11.8 Å². The van der Waals surface area contributed by atoms with Crippen LogP contribution in [0.2, 0.25) is 0 Å². The van der Waals surface area contributed by atoms with Crippen molar-refractivity contribution in [1.82, 2.24) is 10.2 Å². The van der Waals surface area contributed by atoms with Gasteiger partial charge in [0.15, 0.2) is 0 Å². The maximum absolute atomic E-state index is 12.0. The van der Waals surface area contributed by atoms with Crippen LogP contribution in [0.1, 0.15) is 53.4 Å². The van der Waals surface area contributed by atoms with E-state index in [1.807, 2.05) is 6.92 Å². The molecule has 0 aliphatic carbocycles. The number of carbonyl (C=O) groups excluding carboxylic acids is 2. The van der Waals surface area contributed by atoms with Crippen LogP contribution < -0.4 is 5.32 Å². The van der Waals surface area contributed by atoms with Crippen molar-refractivity contribution in [2.45, 2.75) is 58.9 Å². The fourth-order valence-electron chi connectivity index (χ4n) is 2.66. The number of rotatable bonds is 8. The third kappa shape index (κ3) is 4.03. The molecule has 1 fully saturated rings. The van der Waals surface area contributed by atoms with Crippen LogP contribution in [0.25, 0.3) is 0 Å². The number of amides is 2. The summed E-state index contributed by atoms with van der Waals surface area (Å²) in [6, 6.07) is 0. The quantitative estimate of drug-likeness (QED) is 0.522. The van der Waals surface area contributed by atoms with Gasteiger partial charge < -0.3 is 10.4 Å². The summed E-state index contributed by atoms with van der Waals surface area (Å²) in [4.78, 5) is 36.4. The topological polar surface area (TPSA) is 86.7 Å². The highest BCUT2D eigenvalue weighted by atomic mass is 16.4. The van der Waals surface area contributed by atoms with Gasteiger partial charge in [-0.2, -0.15) is 0 Å². The Bertz CT molecular complexity index is 433.